The molecule has 2 aliphatic heterocycles. The van der Waals surface area contributed by atoms with Crippen LogP contribution in [-0.4, -0.2) is 39.3 Å². The van der Waals surface area contributed by atoms with Crippen molar-refractivity contribution in [3.05, 3.63) is 59.3 Å². The number of benzene rings is 2. The van der Waals surface area contributed by atoms with E-state index < -0.39 is 5.97 Å². The van der Waals surface area contributed by atoms with Crippen molar-refractivity contribution in [3.8, 4) is 16.9 Å². The van der Waals surface area contributed by atoms with Crippen molar-refractivity contribution in [3.63, 3.8) is 0 Å². The summed E-state index contributed by atoms with van der Waals surface area (Å²) in [4.78, 5) is 27.4. The summed E-state index contributed by atoms with van der Waals surface area (Å²) in [7, 11) is 0. The third-order valence-corrected chi connectivity index (χ3v) is 6.14. The van der Waals surface area contributed by atoms with Gasteiger partial charge in [-0.2, -0.15) is 0 Å². The van der Waals surface area contributed by atoms with E-state index in [1.165, 1.54) is 4.90 Å². The van der Waals surface area contributed by atoms with Crippen molar-refractivity contribution in [2.45, 2.75) is 13.3 Å². The molecule has 0 spiro atoms. The number of ether oxygens (including phenoxy) is 1. The summed E-state index contributed by atoms with van der Waals surface area (Å²) in [5.74, 6) is -0.161. The minimum absolute atomic E-state index is 0.0496. The van der Waals surface area contributed by atoms with Crippen LogP contribution >= 0.6 is 24.0 Å². The number of anilines is 1. The highest BCUT2D eigenvalue weighted by Crippen LogP contribution is 2.45. The fourth-order valence-electron chi connectivity index (χ4n) is 3.30. The number of carboxylic acids is 1. The molecule has 1 amide bonds. The smallest absolute Gasteiger partial charge is 0.305 e. The van der Waals surface area contributed by atoms with E-state index in [4.69, 9.17) is 22.1 Å². The number of fused-ring (bicyclic) bond motifs is 1. The summed E-state index contributed by atoms with van der Waals surface area (Å²) in [6, 6.07) is 16.0. The molecule has 148 valence electrons. The molecule has 0 aliphatic carbocycles. The summed E-state index contributed by atoms with van der Waals surface area (Å²) in [6.45, 7) is 2.65. The molecule has 2 heterocycles. The molecule has 0 aromatic heterocycles. The van der Waals surface area contributed by atoms with Crippen LogP contribution in [-0.2, 0) is 9.59 Å². The average molecular weight is 427 g/mol. The second-order valence-electron chi connectivity index (χ2n) is 6.50. The lowest BCUT2D eigenvalue weighted by Gasteiger charge is -2.17. The number of rotatable bonds is 5. The molecule has 0 saturated carbocycles. The largest absolute Gasteiger partial charge is 0.481 e. The van der Waals surface area contributed by atoms with Crippen LogP contribution in [0.15, 0.2) is 59.3 Å². The molecule has 4 rings (SSSR count). The number of hydrogen-bond donors (Lipinski definition) is 1. The molecular weight excluding hydrogens is 408 g/mol. The zero-order chi connectivity index (χ0) is 20.5. The molecule has 29 heavy (non-hydrogen) atoms. The van der Waals surface area contributed by atoms with Crippen LogP contribution in [0.5, 0.6) is 5.75 Å². The first-order chi connectivity index (χ1) is 14.0. The van der Waals surface area contributed by atoms with Gasteiger partial charge in [0.05, 0.1) is 12.1 Å². The Morgan fingerprint density at radius 1 is 1.14 bits per heavy atom. The number of aliphatic carboxylic acids is 1. The molecule has 1 N–H and O–H groups in total. The Balaban J connectivity index is 1.68. The van der Waals surface area contributed by atoms with Gasteiger partial charge in [-0.3, -0.25) is 14.5 Å². The zero-order valence-electron chi connectivity index (χ0n) is 15.6. The van der Waals surface area contributed by atoms with Gasteiger partial charge < -0.3 is 14.7 Å². The molecule has 8 heteroatoms. The third kappa shape index (κ3) is 3.61. The molecule has 2 aromatic carbocycles. The molecule has 1 fully saturated rings. The van der Waals surface area contributed by atoms with Crippen LogP contribution in [0.1, 0.15) is 13.3 Å². The molecule has 0 radical (unpaired) electrons. The van der Waals surface area contributed by atoms with Crippen molar-refractivity contribution >= 4 is 45.9 Å². The fraction of sp³-hybridized carbons (Fsp3) is 0.190. The number of carbonyl (C=O) groups is 2. The maximum absolute atomic E-state index is 12.9. The molecule has 1 saturated heterocycles. The van der Waals surface area contributed by atoms with Gasteiger partial charge in [-0.15, -0.1) is 0 Å². The van der Waals surface area contributed by atoms with Crippen molar-refractivity contribution < 1.29 is 19.4 Å². The van der Waals surface area contributed by atoms with E-state index in [9.17, 15) is 9.59 Å². The van der Waals surface area contributed by atoms with E-state index in [-0.39, 0.29) is 18.9 Å². The zero-order valence-corrected chi connectivity index (χ0v) is 17.3. The Kier molecular flexibility index (Phi) is 5.29. The second-order valence-corrected chi connectivity index (χ2v) is 8.14. The Morgan fingerprint density at radius 2 is 1.90 bits per heavy atom. The Morgan fingerprint density at radius 3 is 2.59 bits per heavy atom. The van der Waals surface area contributed by atoms with Crippen molar-refractivity contribution in [2.24, 2.45) is 0 Å². The first kappa shape index (κ1) is 19.5. The van der Waals surface area contributed by atoms with Crippen LogP contribution in [0.2, 0.25) is 0 Å². The molecule has 0 unspecified atom stereocenters. The number of hydrogen-bond acceptors (Lipinski definition) is 6. The molecule has 0 bridgehead atoms. The molecule has 6 nitrogen and oxygen atoms in total. The SMILES string of the molecule is CCN1/C(=C2\SC(=S)N(CCC(=O)O)C2=O)Oc2ccc(-c3ccccc3)cc21. The Labute approximate surface area is 177 Å². The number of amides is 1. The summed E-state index contributed by atoms with van der Waals surface area (Å²) in [5, 5.41) is 8.91. The lowest BCUT2D eigenvalue weighted by atomic mass is 10.0. The first-order valence-electron chi connectivity index (χ1n) is 9.14. The highest BCUT2D eigenvalue weighted by Gasteiger charge is 2.40. The average Bonchev–Trinajstić information content (AvgIpc) is 3.22. The van der Waals surface area contributed by atoms with Crippen LogP contribution in [0.3, 0.4) is 0 Å². The van der Waals surface area contributed by atoms with Gasteiger partial charge in [0.25, 0.3) is 5.91 Å². The lowest BCUT2D eigenvalue weighted by Crippen LogP contribution is -2.31. The molecule has 2 aromatic rings. The Hall–Kier alpha value is -2.84. The van der Waals surface area contributed by atoms with Crippen LogP contribution in [0.4, 0.5) is 5.69 Å². The van der Waals surface area contributed by atoms with Crippen molar-refractivity contribution in [1.29, 1.82) is 0 Å². The van der Waals surface area contributed by atoms with Gasteiger partial charge in [0.15, 0.2) is 5.75 Å². The predicted octanol–water partition coefficient (Wildman–Crippen LogP) is 4.08. The lowest BCUT2D eigenvalue weighted by molar-refractivity contribution is -0.137. The van der Waals surface area contributed by atoms with Gasteiger partial charge in [-0.1, -0.05) is 48.6 Å². The van der Waals surface area contributed by atoms with E-state index in [0.717, 1.165) is 28.6 Å². The van der Waals surface area contributed by atoms with Gasteiger partial charge in [0.1, 0.15) is 9.23 Å². The van der Waals surface area contributed by atoms with Crippen LogP contribution < -0.4 is 9.64 Å². The Bertz CT molecular complexity index is 1040. The standard InChI is InChI=1S/C21H18N2O4S2/c1-2-22-15-12-14(13-6-4-3-5-7-13)8-9-16(15)27-20(22)18-19(26)23(21(28)29-18)11-10-17(24)25/h3-9,12H,2,10-11H2,1H3,(H,24,25)/b20-18+. The van der Waals surface area contributed by atoms with Crippen LogP contribution in [0, 0.1) is 0 Å². The normalized spacial score (nSPS) is 18.2. The molecular formula is C21H18N2O4S2. The first-order valence-corrected chi connectivity index (χ1v) is 10.4. The van der Waals surface area contributed by atoms with E-state index in [1.54, 1.807) is 0 Å². The van der Waals surface area contributed by atoms with Gasteiger partial charge in [0.2, 0.25) is 5.88 Å². The third-order valence-electron chi connectivity index (χ3n) is 4.72. The number of carbonyl (C=O) groups excluding carboxylic acids is 1. The maximum Gasteiger partial charge on any atom is 0.305 e. The van der Waals surface area contributed by atoms with E-state index in [1.807, 2.05) is 60.4 Å². The monoisotopic (exact) mass is 426 g/mol. The minimum Gasteiger partial charge on any atom is -0.481 e. The number of thioether (sulfide) groups is 1. The summed E-state index contributed by atoms with van der Waals surface area (Å²) < 4.78 is 6.39. The maximum atomic E-state index is 12.9. The van der Waals surface area contributed by atoms with E-state index in [2.05, 4.69) is 0 Å². The molecule has 2 aliphatic rings. The fourth-order valence-corrected chi connectivity index (χ4v) is 4.62. The highest BCUT2D eigenvalue weighted by atomic mass is 32.2. The van der Waals surface area contributed by atoms with Crippen LogP contribution in [0.25, 0.3) is 11.1 Å². The quantitative estimate of drug-likeness (QED) is 0.571. The number of carboxylic acid groups (broad SMARTS) is 1. The number of thiocarbonyl (C=S) groups is 1. The van der Waals surface area contributed by atoms with Gasteiger partial charge in [-0.05, 0) is 41.9 Å². The molecule has 0 atom stereocenters. The van der Waals surface area contributed by atoms with Crippen molar-refractivity contribution in [2.75, 3.05) is 18.0 Å². The second kappa shape index (κ2) is 7.88. The van der Waals surface area contributed by atoms with E-state index in [0.29, 0.717) is 27.4 Å². The van der Waals surface area contributed by atoms with Gasteiger partial charge in [-0.25, -0.2) is 0 Å². The van der Waals surface area contributed by atoms with Gasteiger partial charge >= 0.3 is 5.97 Å². The summed E-state index contributed by atoms with van der Waals surface area (Å²) in [5.41, 5.74) is 3.04. The highest BCUT2D eigenvalue weighted by molar-refractivity contribution is 8.26. The number of nitrogens with zero attached hydrogens (tertiary/aromatic N) is 2. The van der Waals surface area contributed by atoms with E-state index >= 15 is 0 Å². The summed E-state index contributed by atoms with van der Waals surface area (Å²) in [6.07, 6.45) is -0.159. The van der Waals surface area contributed by atoms with Gasteiger partial charge in [0, 0.05) is 13.1 Å². The minimum atomic E-state index is -0.972. The van der Waals surface area contributed by atoms with Crippen molar-refractivity contribution in [1.82, 2.24) is 4.90 Å². The predicted molar refractivity (Wildman–Crippen MR) is 117 cm³/mol. The topological polar surface area (TPSA) is 70.1 Å². The summed E-state index contributed by atoms with van der Waals surface area (Å²) >= 11 is 6.44.